The minimum atomic E-state index is -1.38. The van der Waals surface area contributed by atoms with Crippen LogP contribution in [0, 0.1) is 0 Å². The first-order valence-electron chi connectivity index (χ1n) is 8.03. The Kier molecular flexibility index (Phi) is 14.7. The first kappa shape index (κ1) is 19.1. The van der Waals surface area contributed by atoms with E-state index in [4.69, 9.17) is 0 Å². The van der Waals surface area contributed by atoms with Crippen LogP contribution < -0.4 is 0 Å². The second-order valence-electron chi connectivity index (χ2n) is 5.30. The molecule has 0 spiro atoms. The summed E-state index contributed by atoms with van der Waals surface area (Å²) in [7, 11) is 0. The van der Waals surface area contributed by atoms with Crippen LogP contribution in [-0.4, -0.2) is 28.7 Å². The van der Waals surface area contributed by atoms with Crippen LogP contribution in [0.2, 0.25) is 0 Å². The fourth-order valence-corrected chi connectivity index (χ4v) is 4.67. The van der Waals surface area contributed by atoms with Gasteiger partial charge in [0.2, 0.25) is 0 Å². The van der Waals surface area contributed by atoms with E-state index in [0.717, 1.165) is 25.7 Å². The molecule has 0 radical (unpaired) electrons. The van der Waals surface area contributed by atoms with Gasteiger partial charge in [-0.05, 0) is 0 Å². The Morgan fingerprint density at radius 1 is 0.632 bits per heavy atom. The molecule has 0 amide bonds. The Morgan fingerprint density at radius 2 is 1.00 bits per heavy atom. The molecular weight excluding hydrogens is 343 g/mol. The van der Waals surface area contributed by atoms with Crippen LogP contribution in [0.3, 0.4) is 0 Å². The van der Waals surface area contributed by atoms with E-state index < -0.39 is 21.1 Å². The Balaban J connectivity index is 3.40. The van der Waals surface area contributed by atoms with Crippen molar-refractivity contribution in [3.05, 3.63) is 0 Å². The predicted molar refractivity (Wildman–Crippen MR) is 82.5 cm³/mol. The van der Waals surface area contributed by atoms with Gasteiger partial charge in [-0.1, -0.05) is 0 Å². The molecule has 0 unspecified atom stereocenters. The molecule has 0 saturated heterocycles. The molecule has 0 atom stereocenters. The summed E-state index contributed by atoms with van der Waals surface area (Å²) in [6, 6.07) is 0. The van der Waals surface area contributed by atoms with Gasteiger partial charge in [-0.15, -0.1) is 0 Å². The number of carbonyl (C=O) groups is 2. The van der Waals surface area contributed by atoms with Crippen molar-refractivity contribution in [2.45, 2.75) is 90.9 Å². The molecular formula is C16H30O2Sn+2. The molecule has 2 nitrogen and oxygen atoms in total. The maximum atomic E-state index is 11.7. The van der Waals surface area contributed by atoms with E-state index in [1.54, 1.807) is 0 Å². The van der Waals surface area contributed by atoms with E-state index in [9.17, 15) is 9.59 Å². The summed E-state index contributed by atoms with van der Waals surface area (Å²) in [5.74, 6) is 0. The molecule has 108 valence electrons. The van der Waals surface area contributed by atoms with E-state index in [-0.39, 0.29) is 0 Å². The zero-order valence-electron chi connectivity index (χ0n) is 12.8. The molecule has 0 aliphatic carbocycles. The monoisotopic (exact) mass is 374 g/mol. The summed E-state index contributed by atoms with van der Waals surface area (Å²) >= 11 is -1.38. The van der Waals surface area contributed by atoms with Crippen LogP contribution in [0.4, 0.5) is 0 Å². The molecule has 0 fully saturated rings. The SMILES string of the molecule is CCCCCCC[C](=O)[Sn+2][C](=O)CCCCCCC. The third-order valence-electron chi connectivity index (χ3n) is 3.29. The fourth-order valence-electron chi connectivity index (χ4n) is 2.06. The van der Waals surface area contributed by atoms with E-state index >= 15 is 0 Å². The Hall–Kier alpha value is 0.139. The van der Waals surface area contributed by atoms with Crippen molar-refractivity contribution >= 4 is 28.7 Å². The topological polar surface area (TPSA) is 34.1 Å². The molecule has 0 aromatic rings. The van der Waals surface area contributed by atoms with Gasteiger partial charge in [0.05, 0.1) is 0 Å². The average molecular weight is 373 g/mol. The zero-order valence-corrected chi connectivity index (χ0v) is 15.7. The molecule has 0 heterocycles. The molecule has 0 aliphatic rings. The van der Waals surface area contributed by atoms with Gasteiger partial charge in [0, 0.05) is 0 Å². The van der Waals surface area contributed by atoms with Crippen molar-refractivity contribution < 1.29 is 9.59 Å². The first-order valence-corrected chi connectivity index (χ1v) is 10.9. The van der Waals surface area contributed by atoms with E-state index in [0.29, 0.717) is 20.4 Å². The van der Waals surface area contributed by atoms with Gasteiger partial charge in [0.15, 0.2) is 0 Å². The molecule has 19 heavy (non-hydrogen) atoms. The molecule has 0 aromatic carbocycles. The average Bonchev–Trinajstić information content (AvgIpc) is 2.38. The van der Waals surface area contributed by atoms with Gasteiger partial charge in [-0.2, -0.15) is 0 Å². The van der Waals surface area contributed by atoms with Gasteiger partial charge in [-0.3, -0.25) is 0 Å². The quantitative estimate of drug-likeness (QED) is 0.333. The van der Waals surface area contributed by atoms with Gasteiger partial charge < -0.3 is 0 Å². The van der Waals surface area contributed by atoms with Crippen LogP contribution >= 0.6 is 0 Å². The fraction of sp³-hybridized carbons (Fsp3) is 0.875. The first-order chi connectivity index (χ1) is 9.20. The standard InChI is InChI=1S/2C8H15O.Sn/c2*1-2-3-4-5-6-7-8-9;/h2*2-7H2,1H3;/q;;+2. The normalized spacial score (nSPS) is 10.2. The number of rotatable bonds is 14. The van der Waals surface area contributed by atoms with Gasteiger partial charge in [0.1, 0.15) is 0 Å². The number of hydrogen-bond acceptors (Lipinski definition) is 2. The minimum absolute atomic E-state index is 0.318. The van der Waals surface area contributed by atoms with Gasteiger partial charge in [-0.25, -0.2) is 0 Å². The maximum absolute atomic E-state index is 11.7. The molecule has 0 aliphatic heterocycles. The summed E-state index contributed by atoms with van der Waals surface area (Å²) in [6.07, 6.45) is 13.2. The van der Waals surface area contributed by atoms with Gasteiger partial charge >= 0.3 is 129 Å². The molecule has 0 rings (SSSR count). The van der Waals surface area contributed by atoms with E-state index in [2.05, 4.69) is 13.8 Å². The second-order valence-corrected chi connectivity index (χ2v) is 9.20. The Labute approximate surface area is 129 Å². The van der Waals surface area contributed by atoms with Crippen LogP contribution in [0.1, 0.15) is 90.9 Å². The van der Waals surface area contributed by atoms with Crippen molar-refractivity contribution in [1.82, 2.24) is 0 Å². The molecule has 0 bridgehead atoms. The van der Waals surface area contributed by atoms with Crippen LogP contribution in [0.15, 0.2) is 0 Å². The van der Waals surface area contributed by atoms with Crippen molar-refractivity contribution in [1.29, 1.82) is 0 Å². The molecule has 0 N–H and O–H groups in total. The summed E-state index contributed by atoms with van der Waals surface area (Å²) in [5, 5.41) is 0. The third kappa shape index (κ3) is 14.4. The van der Waals surface area contributed by atoms with Crippen molar-refractivity contribution in [3.63, 3.8) is 0 Å². The van der Waals surface area contributed by atoms with Gasteiger partial charge in [0.25, 0.3) is 0 Å². The van der Waals surface area contributed by atoms with Crippen LogP contribution in [-0.2, 0) is 9.59 Å². The van der Waals surface area contributed by atoms with E-state index in [1.807, 2.05) is 0 Å². The van der Waals surface area contributed by atoms with Crippen LogP contribution in [0.25, 0.3) is 0 Å². The summed E-state index contributed by atoms with van der Waals surface area (Å²) in [6.45, 7) is 4.39. The number of unbranched alkanes of at least 4 members (excludes halogenated alkanes) is 8. The van der Waals surface area contributed by atoms with Crippen molar-refractivity contribution in [2.24, 2.45) is 0 Å². The Bertz CT molecular complexity index is 215. The predicted octanol–water partition coefficient (Wildman–Crippen LogP) is 4.46. The van der Waals surface area contributed by atoms with Crippen molar-refractivity contribution in [2.75, 3.05) is 0 Å². The zero-order chi connectivity index (χ0) is 14.3. The second kappa shape index (κ2) is 14.5. The number of hydrogen-bond donors (Lipinski definition) is 0. The molecule has 3 heteroatoms. The molecule has 0 aromatic heterocycles. The molecule has 0 saturated carbocycles. The third-order valence-corrected chi connectivity index (χ3v) is 6.31. The van der Waals surface area contributed by atoms with Crippen LogP contribution in [0.5, 0.6) is 0 Å². The Morgan fingerprint density at radius 3 is 1.37 bits per heavy atom. The summed E-state index contributed by atoms with van der Waals surface area (Å²) < 4.78 is 0.636. The van der Waals surface area contributed by atoms with E-state index in [1.165, 1.54) is 38.5 Å². The summed E-state index contributed by atoms with van der Waals surface area (Å²) in [5.41, 5.74) is 0. The number of carbonyl (C=O) groups excluding carboxylic acids is 2. The summed E-state index contributed by atoms with van der Waals surface area (Å²) in [4.78, 5) is 23.4. The van der Waals surface area contributed by atoms with Crippen molar-refractivity contribution in [3.8, 4) is 0 Å².